The zero-order valence-corrected chi connectivity index (χ0v) is 20.3. The number of carbonyl (C=O) groups excluding carboxylic acids is 2. The van der Waals surface area contributed by atoms with E-state index in [4.69, 9.17) is 18.9 Å². The molecule has 0 bridgehead atoms. The molecule has 0 unspecified atom stereocenters. The number of ketones is 1. The predicted molar refractivity (Wildman–Crippen MR) is 131 cm³/mol. The number of ether oxygens (including phenoxy) is 4. The Morgan fingerprint density at radius 1 is 0.972 bits per heavy atom. The van der Waals surface area contributed by atoms with E-state index in [2.05, 4.69) is 4.90 Å². The molecule has 3 aliphatic heterocycles. The zero-order chi connectivity index (χ0) is 25.1. The molecule has 0 aromatic heterocycles. The number of hydrogen-bond acceptors (Lipinski definition) is 8. The van der Waals surface area contributed by atoms with Crippen LogP contribution in [0.5, 0.6) is 17.2 Å². The van der Waals surface area contributed by atoms with Crippen LogP contribution in [-0.2, 0) is 14.3 Å². The van der Waals surface area contributed by atoms with Crippen molar-refractivity contribution in [1.29, 1.82) is 0 Å². The molecule has 2 saturated heterocycles. The van der Waals surface area contributed by atoms with Crippen LogP contribution in [0.25, 0.3) is 5.76 Å². The van der Waals surface area contributed by atoms with Crippen molar-refractivity contribution in [2.45, 2.75) is 12.5 Å². The SMILES string of the molecule is COc1ccc([C@@H]2C(=C(O)c3ccc4c(c3)OCCO4)C(=O)C(=O)N2CCCN2CCOCC2)cc1. The second kappa shape index (κ2) is 10.6. The quantitative estimate of drug-likeness (QED) is 0.357. The van der Waals surface area contributed by atoms with Gasteiger partial charge in [-0.3, -0.25) is 14.5 Å². The van der Waals surface area contributed by atoms with Crippen molar-refractivity contribution in [2.75, 3.05) is 59.7 Å². The van der Waals surface area contributed by atoms with Gasteiger partial charge in [0.1, 0.15) is 24.7 Å². The first-order valence-electron chi connectivity index (χ1n) is 12.2. The summed E-state index contributed by atoms with van der Waals surface area (Å²) in [5.41, 5.74) is 1.18. The van der Waals surface area contributed by atoms with Gasteiger partial charge in [0.05, 0.1) is 31.9 Å². The summed E-state index contributed by atoms with van der Waals surface area (Å²) in [4.78, 5) is 30.3. The van der Waals surface area contributed by atoms with Crippen LogP contribution in [0.4, 0.5) is 0 Å². The fourth-order valence-electron chi connectivity index (χ4n) is 4.88. The van der Waals surface area contributed by atoms with Crippen molar-refractivity contribution in [2.24, 2.45) is 0 Å². The first-order chi connectivity index (χ1) is 17.6. The molecule has 3 heterocycles. The van der Waals surface area contributed by atoms with Gasteiger partial charge < -0.3 is 29.0 Å². The Balaban J connectivity index is 1.48. The average Bonchev–Trinajstić information content (AvgIpc) is 3.18. The fraction of sp³-hybridized carbons (Fsp3) is 0.407. The first-order valence-corrected chi connectivity index (χ1v) is 12.2. The van der Waals surface area contributed by atoms with Crippen LogP contribution in [0, 0.1) is 0 Å². The van der Waals surface area contributed by atoms with E-state index in [0.717, 1.165) is 25.2 Å². The number of carbonyl (C=O) groups is 2. The third-order valence-corrected chi connectivity index (χ3v) is 6.76. The standard InChI is InChI=1S/C27H30N2O7/c1-33-20-6-3-18(4-7-20)24-23(25(30)19-5-8-21-22(17-19)36-16-15-35-21)26(31)27(32)29(24)10-2-9-28-11-13-34-14-12-28/h3-8,17,24,30H,2,9-16H2,1H3/t24-/m1/s1. The van der Waals surface area contributed by atoms with Gasteiger partial charge in [-0.15, -0.1) is 0 Å². The Labute approximate surface area is 209 Å². The normalized spacial score (nSPS) is 21.6. The summed E-state index contributed by atoms with van der Waals surface area (Å²) in [6, 6.07) is 11.5. The lowest BCUT2D eigenvalue weighted by Gasteiger charge is -2.29. The number of fused-ring (bicyclic) bond motifs is 1. The Morgan fingerprint density at radius 3 is 2.42 bits per heavy atom. The Bertz CT molecular complexity index is 1160. The molecule has 9 heteroatoms. The zero-order valence-electron chi connectivity index (χ0n) is 20.3. The van der Waals surface area contributed by atoms with Gasteiger partial charge >= 0.3 is 0 Å². The van der Waals surface area contributed by atoms with Gasteiger partial charge in [0.2, 0.25) is 0 Å². The van der Waals surface area contributed by atoms with Gasteiger partial charge in [-0.25, -0.2) is 0 Å². The van der Waals surface area contributed by atoms with Crippen molar-refractivity contribution >= 4 is 17.4 Å². The summed E-state index contributed by atoms with van der Waals surface area (Å²) in [6.45, 7) is 5.13. The van der Waals surface area contributed by atoms with Gasteiger partial charge in [-0.05, 0) is 42.3 Å². The number of amides is 1. The van der Waals surface area contributed by atoms with Crippen molar-refractivity contribution in [3.05, 3.63) is 59.2 Å². The van der Waals surface area contributed by atoms with E-state index in [1.807, 2.05) is 12.1 Å². The molecule has 1 N–H and O–H groups in total. The lowest BCUT2D eigenvalue weighted by molar-refractivity contribution is -0.140. The molecular formula is C27H30N2O7. The first kappa shape index (κ1) is 24.1. The number of benzene rings is 2. The smallest absolute Gasteiger partial charge is 0.295 e. The van der Waals surface area contributed by atoms with Gasteiger partial charge in [-0.1, -0.05) is 12.1 Å². The summed E-state index contributed by atoms with van der Waals surface area (Å²) in [5.74, 6) is 0.183. The van der Waals surface area contributed by atoms with Crippen molar-refractivity contribution in [1.82, 2.24) is 9.80 Å². The van der Waals surface area contributed by atoms with Crippen LogP contribution in [0.1, 0.15) is 23.6 Å². The average molecular weight is 495 g/mol. The van der Waals surface area contributed by atoms with Crippen LogP contribution >= 0.6 is 0 Å². The van der Waals surface area contributed by atoms with Crippen LogP contribution in [0.2, 0.25) is 0 Å². The van der Waals surface area contributed by atoms with E-state index in [9.17, 15) is 14.7 Å². The molecule has 3 aliphatic rings. The number of aliphatic hydroxyl groups is 1. The Hall–Kier alpha value is -3.56. The second-order valence-corrected chi connectivity index (χ2v) is 8.93. The largest absolute Gasteiger partial charge is 0.507 e. The number of methoxy groups -OCH3 is 1. The number of nitrogens with zero attached hydrogens (tertiary/aromatic N) is 2. The van der Waals surface area contributed by atoms with E-state index in [0.29, 0.717) is 62.2 Å². The maximum Gasteiger partial charge on any atom is 0.295 e. The fourth-order valence-corrected chi connectivity index (χ4v) is 4.88. The summed E-state index contributed by atoms with van der Waals surface area (Å²) in [5, 5.41) is 11.3. The molecule has 0 aliphatic carbocycles. The second-order valence-electron chi connectivity index (χ2n) is 8.93. The molecule has 36 heavy (non-hydrogen) atoms. The minimum absolute atomic E-state index is 0.0632. The van der Waals surface area contributed by atoms with E-state index >= 15 is 0 Å². The van der Waals surface area contributed by atoms with Gasteiger partial charge in [0, 0.05) is 31.7 Å². The van der Waals surface area contributed by atoms with Crippen LogP contribution in [-0.4, -0.2) is 86.3 Å². The third-order valence-electron chi connectivity index (χ3n) is 6.76. The van der Waals surface area contributed by atoms with Crippen LogP contribution < -0.4 is 14.2 Å². The molecule has 1 atom stereocenters. The van der Waals surface area contributed by atoms with E-state index in [1.54, 1.807) is 42.3 Å². The predicted octanol–water partition coefficient (Wildman–Crippen LogP) is 2.61. The van der Waals surface area contributed by atoms with E-state index < -0.39 is 17.7 Å². The third kappa shape index (κ3) is 4.76. The molecule has 2 fully saturated rings. The Kier molecular flexibility index (Phi) is 7.11. The lowest BCUT2D eigenvalue weighted by atomic mass is 9.95. The molecule has 190 valence electrons. The highest BCUT2D eigenvalue weighted by molar-refractivity contribution is 6.46. The molecule has 0 spiro atoms. The molecule has 2 aromatic carbocycles. The molecule has 1 amide bonds. The van der Waals surface area contributed by atoms with Gasteiger partial charge in [0.25, 0.3) is 11.7 Å². The summed E-state index contributed by atoms with van der Waals surface area (Å²) in [7, 11) is 1.58. The molecule has 5 rings (SSSR count). The summed E-state index contributed by atoms with van der Waals surface area (Å²) in [6.07, 6.45) is 0.698. The number of rotatable bonds is 7. The highest BCUT2D eigenvalue weighted by Crippen LogP contribution is 2.41. The molecular weight excluding hydrogens is 464 g/mol. The number of morpholine rings is 1. The van der Waals surface area contributed by atoms with Crippen molar-refractivity contribution < 1.29 is 33.6 Å². The number of aliphatic hydroxyl groups excluding tert-OH is 1. The minimum atomic E-state index is -0.714. The number of hydrogen-bond donors (Lipinski definition) is 1. The highest BCUT2D eigenvalue weighted by Gasteiger charge is 2.46. The van der Waals surface area contributed by atoms with Gasteiger partial charge in [0.15, 0.2) is 11.5 Å². The maximum atomic E-state index is 13.3. The maximum absolute atomic E-state index is 13.3. The molecule has 9 nitrogen and oxygen atoms in total. The van der Waals surface area contributed by atoms with Crippen LogP contribution in [0.15, 0.2) is 48.0 Å². The molecule has 2 aromatic rings. The number of Topliss-reactive ketones (excluding diaryl/α,β-unsaturated/α-hetero) is 1. The molecule has 0 saturated carbocycles. The number of likely N-dealkylation sites (tertiary alicyclic amines) is 1. The topological polar surface area (TPSA) is 97.8 Å². The van der Waals surface area contributed by atoms with Crippen molar-refractivity contribution in [3.8, 4) is 17.2 Å². The minimum Gasteiger partial charge on any atom is -0.507 e. The monoisotopic (exact) mass is 494 g/mol. The van der Waals surface area contributed by atoms with Crippen LogP contribution in [0.3, 0.4) is 0 Å². The lowest BCUT2D eigenvalue weighted by Crippen LogP contribution is -2.38. The summed E-state index contributed by atoms with van der Waals surface area (Å²) >= 11 is 0. The van der Waals surface area contributed by atoms with Crippen molar-refractivity contribution in [3.63, 3.8) is 0 Å². The Morgan fingerprint density at radius 2 is 1.69 bits per heavy atom. The van der Waals surface area contributed by atoms with Gasteiger partial charge in [-0.2, -0.15) is 0 Å². The molecule has 0 radical (unpaired) electrons. The van der Waals surface area contributed by atoms with E-state index in [-0.39, 0.29) is 11.3 Å². The summed E-state index contributed by atoms with van der Waals surface area (Å²) < 4.78 is 21.9. The highest BCUT2D eigenvalue weighted by atomic mass is 16.6. The van der Waals surface area contributed by atoms with E-state index in [1.165, 1.54) is 0 Å².